The second-order valence-electron chi connectivity index (χ2n) is 4.55. The summed E-state index contributed by atoms with van der Waals surface area (Å²) in [7, 11) is 1.62. The average molecular weight is 345 g/mol. The number of nitrogens with zero attached hydrogens (tertiary/aromatic N) is 3. The van der Waals surface area contributed by atoms with Crippen molar-refractivity contribution in [3.63, 3.8) is 0 Å². The van der Waals surface area contributed by atoms with Crippen LogP contribution in [0, 0.1) is 0 Å². The Morgan fingerprint density at radius 2 is 2.19 bits per heavy atom. The Balaban J connectivity index is 2.21. The van der Waals surface area contributed by atoms with Gasteiger partial charge in [-0.1, -0.05) is 28.1 Å². The third kappa shape index (κ3) is 2.67. The van der Waals surface area contributed by atoms with E-state index in [0.717, 1.165) is 21.4 Å². The Morgan fingerprint density at radius 3 is 2.95 bits per heavy atom. The molecular formula is C15H13BrN4O. The number of fused-ring (bicyclic) bond motifs is 1. The Hall–Kier alpha value is -2.21. The lowest BCUT2D eigenvalue weighted by molar-refractivity contribution is -0.121. The zero-order chi connectivity index (χ0) is 14.8. The highest BCUT2D eigenvalue weighted by molar-refractivity contribution is 9.10. The van der Waals surface area contributed by atoms with Gasteiger partial charge in [0.05, 0.1) is 0 Å². The second kappa shape index (κ2) is 5.65. The molecule has 1 N–H and O–H groups in total. The number of hydrogen-bond donors (Lipinski definition) is 1. The fourth-order valence-corrected chi connectivity index (χ4v) is 2.58. The zero-order valence-electron chi connectivity index (χ0n) is 11.4. The summed E-state index contributed by atoms with van der Waals surface area (Å²) in [6.45, 7) is 0.186. The molecule has 5 nitrogen and oxygen atoms in total. The molecule has 0 spiro atoms. The third-order valence-electron chi connectivity index (χ3n) is 3.17. The maximum absolute atomic E-state index is 11.8. The molecule has 106 valence electrons. The monoisotopic (exact) mass is 344 g/mol. The topological polar surface area (TPSA) is 59.8 Å². The van der Waals surface area contributed by atoms with Gasteiger partial charge < -0.3 is 5.32 Å². The Labute approximate surface area is 130 Å². The molecule has 0 radical (unpaired) electrons. The number of nitrogens with one attached hydrogen (secondary N) is 1. The number of hydrogen-bond acceptors (Lipinski definition) is 3. The van der Waals surface area contributed by atoms with Crippen molar-refractivity contribution >= 4 is 33.0 Å². The minimum atomic E-state index is -0.0869. The van der Waals surface area contributed by atoms with Gasteiger partial charge in [0.2, 0.25) is 5.91 Å². The molecule has 2 heterocycles. The Kier molecular flexibility index (Phi) is 3.70. The van der Waals surface area contributed by atoms with Crippen molar-refractivity contribution in [1.29, 1.82) is 0 Å². The smallest absolute Gasteiger partial charge is 0.239 e. The quantitative estimate of drug-likeness (QED) is 0.794. The molecule has 0 bridgehead atoms. The van der Waals surface area contributed by atoms with E-state index >= 15 is 0 Å². The van der Waals surface area contributed by atoms with Gasteiger partial charge in [-0.05, 0) is 24.3 Å². The summed E-state index contributed by atoms with van der Waals surface area (Å²) in [4.78, 5) is 20.7. The number of likely N-dealkylation sites (N-methyl/N-ethyl adjacent to an activating group) is 1. The highest BCUT2D eigenvalue weighted by Crippen LogP contribution is 2.25. The molecule has 0 saturated carbocycles. The van der Waals surface area contributed by atoms with E-state index in [9.17, 15) is 4.79 Å². The SMILES string of the molecule is CNC(=O)Cn1c(-c2cccc(Br)c2)nc2cccnc21. The highest BCUT2D eigenvalue weighted by atomic mass is 79.9. The lowest BCUT2D eigenvalue weighted by atomic mass is 10.2. The third-order valence-corrected chi connectivity index (χ3v) is 3.66. The van der Waals surface area contributed by atoms with Crippen LogP contribution in [0.1, 0.15) is 0 Å². The van der Waals surface area contributed by atoms with Gasteiger partial charge in [0, 0.05) is 23.3 Å². The van der Waals surface area contributed by atoms with Gasteiger partial charge in [-0.3, -0.25) is 9.36 Å². The number of aromatic nitrogens is 3. The average Bonchev–Trinajstić information content (AvgIpc) is 2.86. The summed E-state index contributed by atoms with van der Waals surface area (Å²) in [6.07, 6.45) is 1.70. The molecule has 1 aromatic carbocycles. The zero-order valence-corrected chi connectivity index (χ0v) is 13.0. The molecule has 6 heteroatoms. The molecule has 3 rings (SSSR count). The van der Waals surface area contributed by atoms with E-state index in [1.54, 1.807) is 13.2 Å². The summed E-state index contributed by atoms with van der Waals surface area (Å²) in [5, 5.41) is 2.63. The number of benzene rings is 1. The van der Waals surface area contributed by atoms with Crippen LogP contribution in [-0.4, -0.2) is 27.5 Å². The first-order chi connectivity index (χ1) is 10.2. The fourth-order valence-electron chi connectivity index (χ4n) is 2.18. The van der Waals surface area contributed by atoms with Crippen molar-refractivity contribution in [3.05, 3.63) is 47.1 Å². The molecule has 1 amide bonds. The summed E-state index contributed by atoms with van der Waals surface area (Å²) in [5.41, 5.74) is 2.42. The molecule has 0 unspecified atom stereocenters. The molecule has 0 atom stereocenters. The summed E-state index contributed by atoms with van der Waals surface area (Å²) < 4.78 is 2.79. The molecule has 2 aromatic heterocycles. The standard InChI is InChI=1S/C15H13BrN4O/c1-17-13(21)9-20-14(10-4-2-5-11(16)8-10)19-12-6-3-7-18-15(12)20/h2-8H,9H2,1H3,(H,17,21). The van der Waals surface area contributed by atoms with Crippen LogP contribution < -0.4 is 5.32 Å². The lowest BCUT2D eigenvalue weighted by Gasteiger charge is -2.08. The van der Waals surface area contributed by atoms with E-state index in [2.05, 4.69) is 31.2 Å². The van der Waals surface area contributed by atoms with Crippen LogP contribution in [0.15, 0.2) is 47.1 Å². The number of carbonyl (C=O) groups excluding carboxylic acids is 1. The van der Waals surface area contributed by atoms with Crippen LogP contribution in [0.25, 0.3) is 22.6 Å². The van der Waals surface area contributed by atoms with E-state index in [1.165, 1.54) is 0 Å². The fraction of sp³-hybridized carbons (Fsp3) is 0.133. The van der Waals surface area contributed by atoms with E-state index in [4.69, 9.17) is 0 Å². The molecule has 0 fully saturated rings. The molecule has 0 aliphatic carbocycles. The van der Waals surface area contributed by atoms with E-state index in [1.807, 2.05) is 41.0 Å². The van der Waals surface area contributed by atoms with E-state index in [0.29, 0.717) is 5.65 Å². The first kappa shape index (κ1) is 13.8. The normalized spacial score (nSPS) is 10.8. The number of rotatable bonds is 3. The lowest BCUT2D eigenvalue weighted by Crippen LogP contribution is -2.24. The second-order valence-corrected chi connectivity index (χ2v) is 5.47. The number of imidazole rings is 1. The van der Waals surface area contributed by atoms with Crippen molar-refractivity contribution in [2.24, 2.45) is 0 Å². The van der Waals surface area contributed by atoms with Crippen LogP contribution in [0.3, 0.4) is 0 Å². The van der Waals surface area contributed by atoms with Crippen LogP contribution in [0.2, 0.25) is 0 Å². The summed E-state index contributed by atoms with van der Waals surface area (Å²) in [6, 6.07) is 11.6. The number of carbonyl (C=O) groups is 1. The number of amides is 1. The van der Waals surface area contributed by atoms with Crippen LogP contribution in [-0.2, 0) is 11.3 Å². The molecule has 0 aliphatic rings. The maximum Gasteiger partial charge on any atom is 0.239 e. The van der Waals surface area contributed by atoms with Crippen molar-refractivity contribution in [1.82, 2.24) is 19.9 Å². The van der Waals surface area contributed by atoms with Gasteiger partial charge in [-0.2, -0.15) is 0 Å². The molecule has 0 aliphatic heterocycles. The van der Waals surface area contributed by atoms with Crippen LogP contribution in [0.5, 0.6) is 0 Å². The first-order valence-corrected chi connectivity index (χ1v) is 7.26. The van der Waals surface area contributed by atoms with Crippen LogP contribution >= 0.6 is 15.9 Å². The number of halogens is 1. The van der Waals surface area contributed by atoms with Gasteiger partial charge in [0.15, 0.2) is 5.65 Å². The summed E-state index contributed by atoms with van der Waals surface area (Å²) >= 11 is 3.46. The van der Waals surface area contributed by atoms with Crippen LogP contribution in [0.4, 0.5) is 0 Å². The van der Waals surface area contributed by atoms with Gasteiger partial charge in [-0.15, -0.1) is 0 Å². The van der Waals surface area contributed by atoms with Gasteiger partial charge in [0.1, 0.15) is 17.9 Å². The summed E-state index contributed by atoms with van der Waals surface area (Å²) in [5.74, 6) is 0.643. The highest BCUT2D eigenvalue weighted by Gasteiger charge is 2.15. The first-order valence-electron chi connectivity index (χ1n) is 6.47. The minimum absolute atomic E-state index is 0.0869. The number of pyridine rings is 1. The predicted octanol–water partition coefficient (Wildman–Crippen LogP) is 2.61. The van der Waals surface area contributed by atoms with Gasteiger partial charge >= 0.3 is 0 Å². The van der Waals surface area contributed by atoms with Crippen molar-refractivity contribution < 1.29 is 4.79 Å². The van der Waals surface area contributed by atoms with E-state index < -0.39 is 0 Å². The van der Waals surface area contributed by atoms with Gasteiger partial charge in [0.25, 0.3) is 0 Å². The van der Waals surface area contributed by atoms with Crippen molar-refractivity contribution in [2.45, 2.75) is 6.54 Å². The van der Waals surface area contributed by atoms with Crippen molar-refractivity contribution in [3.8, 4) is 11.4 Å². The molecular weight excluding hydrogens is 332 g/mol. The molecule has 0 saturated heterocycles. The van der Waals surface area contributed by atoms with Crippen molar-refractivity contribution in [2.75, 3.05) is 7.05 Å². The molecule has 21 heavy (non-hydrogen) atoms. The largest absolute Gasteiger partial charge is 0.358 e. The predicted molar refractivity (Wildman–Crippen MR) is 84.7 cm³/mol. The minimum Gasteiger partial charge on any atom is -0.358 e. The van der Waals surface area contributed by atoms with E-state index in [-0.39, 0.29) is 12.5 Å². The maximum atomic E-state index is 11.8. The Morgan fingerprint density at radius 1 is 1.33 bits per heavy atom. The Bertz CT molecular complexity index is 812. The molecule has 3 aromatic rings. The van der Waals surface area contributed by atoms with Gasteiger partial charge in [-0.25, -0.2) is 9.97 Å².